The van der Waals surface area contributed by atoms with E-state index in [4.69, 9.17) is 9.47 Å². The van der Waals surface area contributed by atoms with Gasteiger partial charge in [-0.05, 0) is 93.1 Å². The second kappa shape index (κ2) is 10.5. The standard InChI is InChI=1S/C26H38F2O2/c1-2-3-19-16-29-26(30-17-19)23-12-13-24(25(28)14-23)22-10-8-21(9-11-22)20-6-4-18(15-27)5-7-20/h12-14,18-22,26H,2-11,15-17H2,1H3. The zero-order valence-electron chi connectivity index (χ0n) is 18.5. The number of hydrogen-bond donors (Lipinski definition) is 0. The quantitative estimate of drug-likeness (QED) is 0.479. The second-order valence-corrected chi connectivity index (χ2v) is 9.98. The first-order chi connectivity index (χ1) is 14.7. The van der Waals surface area contributed by atoms with Gasteiger partial charge in [-0.3, -0.25) is 4.39 Å². The molecule has 0 spiro atoms. The van der Waals surface area contributed by atoms with E-state index < -0.39 is 6.29 Å². The van der Waals surface area contributed by atoms with E-state index >= 15 is 0 Å². The summed E-state index contributed by atoms with van der Waals surface area (Å²) < 4.78 is 39.6. The lowest BCUT2D eigenvalue weighted by molar-refractivity contribution is -0.206. The van der Waals surface area contributed by atoms with Gasteiger partial charge >= 0.3 is 0 Å². The molecule has 2 saturated carbocycles. The highest BCUT2D eigenvalue weighted by atomic mass is 19.1. The van der Waals surface area contributed by atoms with E-state index in [0.29, 0.717) is 31.0 Å². The van der Waals surface area contributed by atoms with Gasteiger partial charge < -0.3 is 9.47 Å². The minimum Gasteiger partial charge on any atom is -0.348 e. The van der Waals surface area contributed by atoms with Gasteiger partial charge in [0.2, 0.25) is 0 Å². The molecular formula is C26H38F2O2. The van der Waals surface area contributed by atoms with Crippen LogP contribution in [0.25, 0.3) is 0 Å². The van der Waals surface area contributed by atoms with E-state index in [0.717, 1.165) is 61.5 Å². The highest BCUT2D eigenvalue weighted by Gasteiger charge is 2.32. The Morgan fingerprint density at radius 2 is 1.50 bits per heavy atom. The molecule has 0 unspecified atom stereocenters. The van der Waals surface area contributed by atoms with E-state index in [1.807, 2.05) is 12.1 Å². The first-order valence-electron chi connectivity index (χ1n) is 12.3. The fourth-order valence-electron chi connectivity index (χ4n) is 6.05. The Morgan fingerprint density at radius 3 is 2.07 bits per heavy atom. The minimum absolute atomic E-state index is 0.109. The van der Waals surface area contributed by atoms with Gasteiger partial charge in [-0.25, -0.2) is 4.39 Å². The van der Waals surface area contributed by atoms with E-state index in [1.165, 1.54) is 25.7 Å². The molecule has 4 rings (SSSR count). The molecule has 168 valence electrons. The third-order valence-corrected chi connectivity index (χ3v) is 7.95. The molecule has 30 heavy (non-hydrogen) atoms. The number of ether oxygens (including phenoxy) is 2. The summed E-state index contributed by atoms with van der Waals surface area (Å²) in [4.78, 5) is 0. The van der Waals surface area contributed by atoms with E-state index in [-0.39, 0.29) is 12.5 Å². The number of rotatable bonds is 6. The number of hydrogen-bond acceptors (Lipinski definition) is 2. The summed E-state index contributed by atoms with van der Waals surface area (Å²) >= 11 is 0. The monoisotopic (exact) mass is 420 g/mol. The van der Waals surface area contributed by atoms with Crippen LogP contribution in [0.3, 0.4) is 0 Å². The molecule has 0 aromatic heterocycles. The maximum atomic E-state index is 15.0. The molecule has 0 radical (unpaired) electrons. The van der Waals surface area contributed by atoms with Crippen molar-refractivity contribution < 1.29 is 18.3 Å². The Labute approximate surface area is 180 Å². The van der Waals surface area contributed by atoms with Crippen molar-refractivity contribution in [1.82, 2.24) is 0 Å². The molecule has 0 amide bonds. The van der Waals surface area contributed by atoms with Crippen LogP contribution in [0, 0.1) is 29.5 Å². The van der Waals surface area contributed by atoms with Gasteiger partial charge in [0.25, 0.3) is 0 Å². The molecule has 0 bridgehead atoms. The molecule has 3 aliphatic rings. The van der Waals surface area contributed by atoms with Crippen LogP contribution < -0.4 is 0 Å². The van der Waals surface area contributed by atoms with E-state index in [9.17, 15) is 8.78 Å². The fourth-order valence-corrected chi connectivity index (χ4v) is 6.05. The molecule has 2 nitrogen and oxygen atoms in total. The zero-order valence-corrected chi connectivity index (χ0v) is 18.5. The van der Waals surface area contributed by atoms with Crippen molar-refractivity contribution >= 4 is 0 Å². The molecule has 2 aliphatic carbocycles. The molecule has 1 aromatic carbocycles. The second-order valence-electron chi connectivity index (χ2n) is 9.98. The Morgan fingerprint density at radius 1 is 0.867 bits per heavy atom. The molecule has 1 aliphatic heterocycles. The lowest BCUT2D eigenvalue weighted by Crippen LogP contribution is -2.27. The highest BCUT2D eigenvalue weighted by molar-refractivity contribution is 5.28. The Hall–Kier alpha value is -1.00. The van der Waals surface area contributed by atoms with Crippen LogP contribution in [0.1, 0.15) is 94.5 Å². The van der Waals surface area contributed by atoms with E-state index in [2.05, 4.69) is 6.92 Å². The topological polar surface area (TPSA) is 18.5 Å². The van der Waals surface area contributed by atoms with Crippen LogP contribution in [0.15, 0.2) is 18.2 Å². The minimum atomic E-state index is -0.433. The maximum Gasteiger partial charge on any atom is 0.183 e. The van der Waals surface area contributed by atoms with Gasteiger partial charge in [-0.15, -0.1) is 0 Å². The molecule has 0 atom stereocenters. The molecular weight excluding hydrogens is 382 g/mol. The van der Waals surface area contributed by atoms with Crippen molar-refractivity contribution in [2.45, 2.75) is 83.3 Å². The summed E-state index contributed by atoms with van der Waals surface area (Å²) in [5.41, 5.74) is 1.66. The van der Waals surface area contributed by atoms with Crippen molar-refractivity contribution in [3.63, 3.8) is 0 Å². The number of halogens is 2. The van der Waals surface area contributed by atoms with Gasteiger partial charge in [0.1, 0.15) is 5.82 Å². The SMILES string of the molecule is CCCC1COC(c2ccc(C3CCC(C4CCC(CF)CC4)CC3)c(F)c2)OC1. The number of alkyl halides is 1. The smallest absolute Gasteiger partial charge is 0.183 e. The lowest BCUT2D eigenvalue weighted by Gasteiger charge is -2.37. The summed E-state index contributed by atoms with van der Waals surface area (Å²) in [5, 5.41) is 0. The van der Waals surface area contributed by atoms with Gasteiger partial charge in [-0.2, -0.15) is 0 Å². The van der Waals surface area contributed by atoms with Crippen LogP contribution in [0.4, 0.5) is 8.78 Å². The predicted octanol–water partition coefficient (Wildman–Crippen LogP) is 7.34. The first-order valence-corrected chi connectivity index (χ1v) is 12.3. The molecule has 1 saturated heterocycles. The normalized spacial score (nSPS) is 35.3. The van der Waals surface area contributed by atoms with Gasteiger partial charge in [0, 0.05) is 11.5 Å². The Bertz CT molecular complexity index is 655. The van der Waals surface area contributed by atoms with Crippen LogP contribution in [-0.2, 0) is 9.47 Å². The third kappa shape index (κ3) is 5.24. The van der Waals surface area contributed by atoms with Crippen molar-refractivity contribution in [2.75, 3.05) is 19.9 Å². The third-order valence-electron chi connectivity index (χ3n) is 7.95. The summed E-state index contributed by atoms with van der Waals surface area (Å²) in [6, 6.07) is 5.59. The number of benzene rings is 1. The average Bonchev–Trinajstić information content (AvgIpc) is 2.80. The Kier molecular flexibility index (Phi) is 7.80. The predicted molar refractivity (Wildman–Crippen MR) is 116 cm³/mol. The van der Waals surface area contributed by atoms with Gasteiger partial charge in [0.15, 0.2) is 6.29 Å². The van der Waals surface area contributed by atoms with Crippen molar-refractivity contribution in [3.05, 3.63) is 35.1 Å². The van der Waals surface area contributed by atoms with E-state index in [1.54, 1.807) is 6.07 Å². The zero-order chi connectivity index (χ0) is 20.9. The largest absolute Gasteiger partial charge is 0.348 e. The highest BCUT2D eigenvalue weighted by Crippen LogP contribution is 2.44. The molecule has 4 heteroatoms. The lowest BCUT2D eigenvalue weighted by atomic mass is 9.68. The van der Waals surface area contributed by atoms with Crippen molar-refractivity contribution in [3.8, 4) is 0 Å². The maximum absolute atomic E-state index is 15.0. The summed E-state index contributed by atoms with van der Waals surface area (Å²) in [6.45, 7) is 3.41. The van der Waals surface area contributed by atoms with Crippen LogP contribution >= 0.6 is 0 Å². The van der Waals surface area contributed by atoms with Crippen LogP contribution in [0.2, 0.25) is 0 Å². The molecule has 0 N–H and O–H groups in total. The van der Waals surface area contributed by atoms with Gasteiger partial charge in [0.05, 0.1) is 19.9 Å². The first kappa shape index (κ1) is 22.2. The van der Waals surface area contributed by atoms with Crippen LogP contribution in [0.5, 0.6) is 0 Å². The van der Waals surface area contributed by atoms with Crippen LogP contribution in [-0.4, -0.2) is 19.9 Å². The summed E-state index contributed by atoms with van der Waals surface area (Å²) in [6.07, 6.45) is 10.8. The summed E-state index contributed by atoms with van der Waals surface area (Å²) in [7, 11) is 0. The van der Waals surface area contributed by atoms with Crippen molar-refractivity contribution in [1.29, 1.82) is 0 Å². The molecule has 1 aromatic rings. The Balaban J connectivity index is 1.29. The summed E-state index contributed by atoms with van der Waals surface area (Å²) in [5.74, 6) is 2.49. The average molecular weight is 421 g/mol. The molecule has 1 heterocycles. The fraction of sp³-hybridized carbons (Fsp3) is 0.769. The molecule has 3 fully saturated rings. The van der Waals surface area contributed by atoms with Crippen molar-refractivity contribution in [2.24, 2.45) is 23.7 Å². The van der Waals surface area contributed by atoms with Gasteiger partial charge in [-0.1, -0.05) is 25.5 Å².